The molecule has 0 spiro atoms. The van der Waals surface area contributed by atoms with Crippen molar-refractivity contribution in [3.63, 3.8) is 0 Å². The Balaban J connectivity index is 2.18. The monoisotopic (exact) mass is 396 g/mol. The molecule has 7 nitrogen and oxygen atoms in total. The fourth-order valence-electron chi connectivity index (χ4n) is 3.18. The van der Waals surface area contributed by atoms with E-state index in [9.17, 15) is 9.59 Å². The highest BCUT2D eigenvalue weighted by molar-refractivity contribution is 6.04. The number of carbonyl (C=O) groups is 2. The summed E-state index contributed by atoms with van der Waals surface area (Å²) in [6.07, 6.45) is -0.310. The predicted octanol–water partition coefficient (Wildman–Crippen LogP) is 3.42. The van der Waals surface area contributed by atoms with Gasteiger partial charge in [-0.2, -0.15) is 0 Å². The lowest BCUT2D eigenvalue weighted by atomic mass is 9.92. The van der Waals surface area contributed by atoms with E-state index in [2.05, 4.69) is 10.6 Å². The quantitative estimate of drug-likeness (QED) is 0.731. The molecule has 0 aromatic heterocycles. The van der Waals surface area contributed by atoms with Gasteiger partial charge in [0.2, 0.25) is 0 Å². The van der Waals surface area contributed by atoms with Crippen LogP contribution in [0.4, 0.5) is 4.79 Å². The summed E-state index contributed by atoms with van der Waals surface area (Å²) in [5.41, 5.74) is 2.11. The number of esters is 1. The van der Waals surface area contributed by atoms with Crippen LogP contribution >= 0.6 is 0 Å². The molecule has 2 aromatic carbocycles. The summed E-state index contributed by atoms with van der Waals surface area (Å²) < 4.78 is 16.2. The number of ether oxygens (including phenoxy) is 3. The van der Waals surface area contributed by atoms with Crippen LogP contribution in [0.3, 0.4) is 0 Å². The highest BCUT2D eigenvalue weighted by atomic mass is 16.5. The van der Waals surface area contributed by atoms with Gasteiger partial charge in [-0.25, -0.2) is 9.59 Å². The van der Waals surface area contributed by atoms with Gasteiger partial charge >= 0.3 is 12.0 Å². The van der Waals surface area contributed by atoms with Crippen LogP contribution in [0.2, 0.25) is 0 Å². The first-order valence-corrected chi connectivity index (χ1v) is 9.24. The number of hydrogen-bond acceptors (Lipinski definition) is 5. The van der Waals surface area contributed by atoms with E-state index in [0.29, 0.717) is 33.9 Å². The van der Waals surface area contributed by atoms with E-state index in [1.54, 1.807) is 39.2 Å². The second-order valence-corrected chi connectivity index (χ2v) is 6.75. The van der Waals surface area contributed by atoms with Crippen molar-refractivity contribution in [3.8, 4) is 11.5 Å². The maximum absolute atomic E-state index is 13.0. The van der Waals surface area contributed by atoms with Gasteiger partial charge < -0.3 is 24.8 Å². The normalized spacial score (nSPS) is 16.2. The fraction of sp³-hybridized carbons (Fsp3) is 0.273. The van der Waals surface area contributed by atoms with Crippen molar-refractivity contribution < 1.29 is 23.8 Å². The molecular formula is C22H24N2O5. The highest BCUT2D eigenvalue weighted by Crippen LogP contribution is 2.36. The molecule has 0 fully saturated rings. The summed E-state index contributed by atoms with van der Waals surface area (Å²) in [6, 6.07) is 13.3. The number of benzene rings is 2. The van der Waals surface area contributed by atoms with Crippen LogP contribution in [0.1, 0.15) is 31.0 Å². The standard InChI is InChI=1S/C22H24N2O5/c1-13(2)29-21(25)18-19(14-8-6-5-7-9-14)23-22(26)24-20(18)15-10-11-16(27-3)17(12-15)28-4/h5-13,20H,1-4H3,(H2,23,24,26)/t20-/m0/s1. The third-order valence-electron chi connectivity index (χ3n) is 4.44. The van der Waals surface area contributed by atoms with Crippen molar-refractivity contribution in [2.75, 3.05) is 14.2 Å². The second kappa shape index (κ2) is 8.68. The van der Waals surface area contributed by atoms with Crippen molar-refractivity contribution in [2.24, 2.45) is 0 Å². The van der Waals surface area contributed by atoms with Crippen LogP contribution < -0.4 is 20.1 Å². The van der Waals surface area contributed by atoms with Crippen molar-refractivity contribution in [1.82, 2.24) is 10.6 Å². The molecule has 0 aliphatic carbocycles. The van der Waals surface area contributed by atoms with Gasteiger partial charge in [0.1, 0.15) is 0 Å². The van der Waals surface area contributed by atoms with Gasteiger partial charge in [0.05, 0.1) is 37.6 Å². The van der Waals surface area contributed by atoms with Gasteiger partial charge in [0.25, 0.3) is 0 Å². The minimum absolute atomic E-state index is 0.310. The maximum Gasteiger partial charge on any atom is 0.338 e. The molecular weight excluding hydrogens is 372 g/mol. The number of urea groups is 1. The zero-order chi connectivity index (χ0) is 21.0. The maximum atomic E-state index is 13.0. The first-order valence-electron chi connectivity index (χ1n) is 9.24. The van der Waals surface area contributed by atoms with E-state index in [0.717, 1.165) is 0 Å². The molecule has 1 aliphatic rings. The molecule has 29 heavy (non-hydrogen) atoms. The Kier molecular flexibility index (Phi) is 6.07. The lowest BCUT2D eigenvalue weighted by Gasteiger charge is -2.30. The number of rotatable bonds is 6. The number of methoxy groups -OCH3 is 2. The molecule has 152 valence electrons. The summed E-state index contributed by atoms with van der Waals surface area (Å²) in [5.74, 6) is 0.539. The third kappa shape index (κ3) is 4.34. The molecule has 0 saturated heterocycles. The molecule has 0 bridgehead atoms. The molecule has 0 radical (unpaired) electrons. The Morgan fingerprint density at radius 2 is 1.69 bits per heavy atom. The molecule has 1 heterocycles. The smallest absolute Gasteiger partial charge is 0.338 e. The Labute approximate surface area is 169 Å². The summed E-state index contributed by atoms with van der Waals surface area (Å²) >= 11 is 0. The van der Waals surface area contributed by atoms with E-state index in [1.165, 1.54) is 7.11 Å². The molecule has 0 unspecified atom stereocenters. The van der Waals surface area contributed by atoms with Crippen molar-refractivity contribution in [2.45, 2.75) is 26.0 Å². The van der Waals surface area contributed by atoms with Gasteiger partial charge in [0.15, 0.2) is 11.5 Å². The minimum Gasteiger partial charge on any atom is -0.493 e. The van der Waals surface area contributed by atoms with E-state index in [-0.39, 0.29) is 6.10 Å². The zero-order valence-corrected chi connectivity index (χ0v) is 16.8. The van der Waals surface area contributed by atoms with Gasteiger partial charge in [-0.3, -0.25) is 0 Å². The zero-order valence-electron chi connectivity index (χ0n) is 16.8. The van der Waals surface area contributed by atoms with Crippen LogP contribution in [-0.4, -0.2) is 32.3 Å². The van der Waals surface area contributed by atoms with E-state index < -0.39 is 18.0 Å². The highest BCUT2D eigenvalue weighted by Gasteiger charge is 2.35. The molecule has 0 saturated carbocycles. The van der Waals surface area contributed by atoms with Crippen LogP contribution in [-0.2, 0) is 9.53 Å². The van der Waals surface area contributed by atoms with Gasteiger partial charge in [-0.05, 0) is 37.1 Å². The van der Waals surface area contributed by atoms with Crippen LogP contribution in [0, 0.1) is 0 Å². The molecule has 2 aromatic rings. The van der Waals surface area contributed by atoms with Crippen LogP contribution in [0.15, 0.2) is 54.1 Å². The molecule has 7 heteroatoms. The SMILES string of the molecule is COc1ccc([C@@H]2NC(=O)NC(c3ccccc3)=C2C(=O)OC(C)C)cc1OC. The van der Waals surface area contributed by atoms with Gasteiger partial charge in [-0.15, -0.1) is 0 Å². The minimum atomic E-state index is -0.718. The van der Waals surface area contributed by atoms with Crippen molar-refractivity contribution in [1.29, 1.82) is 0 Å². The number of amides is 2. The van der Waals surface area contributed by atoms with E-state index >= 15 is 0 Å². The van der Waals surface area contributed by atoms with E-state index in [1.807, 2.05) is 30.3 Å². The number of nitrogens with one attached hydrogen (secondary N) is 2. The molecule has 1 aliphatic heterocycles. The fourth-order valence-corrected chi connectivity index (χ4v) is 3.18. The first kappa shape index (κ1) is 20.3. The predicted molar refractivity (Wildman–Crippen MR) is 109 cm³/mol. The summed E-state index contributed by atoms with van der Waals surface area (Å²) in [4.78, 5) is 25.5. The average molecular weight is 396 g/mol. The lowest BCUT2D eigenvalue weighted by molar-refractivity contribution is -0.143. The van der Waals surface area contributed by atoms with Crippen LogP contribution in [0.25, 0.3) is 5.70 Å². The molecule has 1 atom stereocenters. The topological polar surface area (TPSA) is 85.9 Å². The van der Waals surface area contributed by atoms with Crippen LogP contribution in [0.5, 0.6) is 11.5 Å². The van der Waals surface area contributed by atoms with Gasteiger partial charge in [0, 0.05) is 0 Å². The van der Waals surface area contributed by atoms with Gasteiger partial charge in [-0.1, -0.05) is 36.4 Å². The Bertz CT molecular complexity index is 937. The Morgan fingerprint density at radius 3 is 2.31 bits per heavy atom. The van der Waals surface area contributed by atoms with Crippen molar-refractivity contribution >= 4 is 17.7 Å². The summed E-state index contributed by atoms with van der Waals surface area (Å²) in [5, 5.41) is 5.58. The molecule has 3 rings (SSSR count). The third-order valence-corrected chi connectivity index (χ3v) is 4.44. The number of hydrogen-bond donors (Lipinski definition) is 2. The first-order chi connectivity index (χ1) is 13.9. The molecule has 2 N–H and O–H groups in total. The largest absolute Gasteiger partial charge is 0.493 e. The average Bonchev–Trinajstić information content (AvgIpc) is 2.72. The Hall–Kier alpha value is -3.48. The molecule has 2 amide bonds. The Morgan fingerprint density at radius 1 is 1.00 bits per heavy atom. The van der Waals surface area contributed by atoms with Crippen molar-refractivity contribution in [3.05, 3.63) is 65.2 Å². The number of carbonyl (C=O) groups excluding carboxylic acids is 2. The van der Waals surface area contributed by atoms with E-state index in [4.69, 9.17) is 14.2 Å². The summed E-state index contributed by atoms with van der Waals surface area (Å²) in [6.45, 7) is 3.56. The second-order valence-electron chi connectivity index (χ2n) is 6.75. The summed E-state index contributed by atoms with van der Waals surface area (Å²) in [7, 11) is 3.07. The lowest BCUT2D eigenvalue weighted by Crippen LogP contribution is -2.45.